The Kier molecular flexibility index (Phi) is 6.30. The average Bonchev–Trinajstić information content (AvgIpc) is 2.99. The maximum Gasteiger partial charge on any atom is 0.316 e. The highest BCUT2D eigenvalue weighted by Crippen LogP contribution is 2.33. The summed E-state index contributed by atoms with van der Waals surface area (Å²) in [4.78, 5) is 25.0. The molecule has 0 spiro atoms. The van der Waals surface area contributed by atoms with Gasteiger partial charge in [-0.25, -0.2) is 0 Å². The number of carbonyl (C=O) groups excluding carboxylic acids is 2. The van der Waals surface area contributed by atoms with E-state index in [1.807, 2.05) is 18.2 Å². The van der Waals surface area contributed by atoms with Gasteiger partial charge < -0.3 is 4.74 Å². The number of rotatable bonds is 6. The van der Waals surface area contributed by atoms with E-state index in [1.165, 1.54) is 11.8 Å². The molecular weight excluding hydrogens is 352 g/mol. The second kappa shape index (κ2) is 7.99. The molecule has 0 radical (unpaired) electrons. The highest BCUT2D eigenvalue weighted by molar-refractivity contribution is 9.10. The lowest BCUT2D eigenvalue weighted by Crippen LogP contribution is -2.13. The van der Waals surface area contributed by atoms with Gasteiger partial charge in [0.25, 0.3) is 0 Å². The fourth-order valence-electron chi connectivity index (χ4n) is 2.57. The predicted octanol–water partition coefficient (Wildman–Crippen LogP) is 4.48. The van der Waals surface area contributed by atoms with Gasteiger partial charge in [0.2, 0.25) is 0 Å². The minimum atomic E-state index is -0.248. The highest BCUT2D eigenvalue weighted by Gasteiger charge is 2.25. The minimum Gasteiger partial charge on any atom is -0.465 e. The Balaban J connectivity index is 2.13. The molecule has 1 fully saturated rings. The van der Waals surface area contributed by atoms with Gasteiger partial charge in [0.05, 0.1) is 12.4 Å². The molecule has 1 aliphatic carbocycles. The molecule has 5 heteroatoms. The summed E-state index contributed by atoms with van der Waals surface area (Å²) in [6, 6.07) is 5.65. The summed E-state index contributed by atoms with van der Waals surface area (Å²) < 4.78 is 5.85. The molecule has 0 bridgehead atoms. The molecule has 3 nitrogen and oxygen atoms in total. The summed E-state index contributed by atoms with van der Waals surface area (Å²) >= 11 is 4.80. The molecule has 2 rings (SSSR count). The van der Waals surface area contributed by atoms with Crippen LogP contribution >= 0.6 is 27.7 Å². The van der Waals surface area contributed by atoms with Crippen molar-refractivity contribution in [2.45, 2.75) is 37.5 Å². The van der Waals surface area contributed by atoms with Crippen molar-refractivity contribution in [3.8, 4) is 0 Å². The van der Waals surface area contributed by atoms with E-state index in [9.17, 15) is 9.59 Å². The van der Waals surface area contributed by atoms with Crippen LogP contribution in [-0.2, 0) is 9.53 Å². The number of ketones is 1. The quantitative estimate of drug-likeness (QED) is 0.420. The molecule has 21 heavy (non-hydrogen) atoms. The van der Waals surface area contributed by atoms with Crippen LogP contribution in [0.2, 0.25) is 0 Å². The minimum absolute atomic E-state index is 0.146. The molecule has 0 N–H and O–H groups in total. The maximum absolute atomic E-state index is 12.6. The van der Waals surface area contributed by atoms with Crippen LogP contribution in [0.3, 0.4) is 0 Å². The molecule has 0 unspecified atom stereocenters. The molecule has 0 saturated heterocycles. The zero-order valence-corrected chi connectivity index (χ0v) is 14.5. The van der Waals surface area contributed by atoms with Crippen molar-refractivity contribution in [3.05, 3.63) is 28.2 Å². The van der Waals surface area contributed by atoms with Crippen molar-refractivity contribution in [1.82, 2.24) is 0 Å². The first-order valence-electron chi connectivity index (χ1n) is 7.24. The fourth-order valence-corrected chi connectivity index (χ4v) is 3.97. The standard InChI is InChI=1S/C16H19BrO3S/c1-2-20-15(18)10-21-14-9-12(17)7-8-13(14)16(19)11-5-3-4-6-11/h7-9,11H,2-6,10H2,1H3. The lowest BCUT2D eigenvalue weighted by molar-refractivity contribution is -0.139. The number of Topliss-reactive ketones (excluding diaryl/α,β-unsaturated/α-hetero) is 1. The second-order valence-electron chi connectivity index (χ2n) is 5.08. The third-order valence-corrected chi connectivity index (χ3v) is 5.11. The zero-order valence-electron chi connectivity index (χ0n) is 12.1. The van der Waals surface area contributed by atoms with E-state index in [-0.39, 0.29) is 23.4 Å². The number of hydrogen-bond acceptors (Lipinski definition) is 4. The highest BCUT2D eigenvalue weighted by atomic mass is 79.9. The Morgan fingerprint density at radius 2 is 2.05 bits per heavy atom. The number of benzene rings is 1. The fraction of sp³-hybridized carbons (Fsp3) is 0.500. The van der Waals surface area contributed by atoms with Gasteiger partial charge in [-0.05, 0) is 38.0 Å². The van der Waals surface area contributed by atoms with Crippen LogP contribution in [0.5, 0.6) is 0 Å². The SMILES string of the molecule is CCOC(=O)CSc1cc(Br)ccc1C(=O)C1CCCC1. The van der Waals surface area contributed by atoms with Crippen molar-refractivity contribution in [3.63, 3.8) is 0 Å². The average molecular weight is 371 g/mol. The summed E-state index contributed by atoms with van der Waals surface area (Å²) in [6.45, 7) is 2.17. The summed E-state index contributed by atoms with van der Waals surface area (Å²) in [5.41, 5.74) is 0.736. The molecule has 0 amide bonds. The number of hydrogen-bond donors (Lipinski definition) is 0. The van der Waals surface area contributed by atoms with Crippen LogP contribution in [0.4, 0.5) is 0 Å². The first-order chi connectivity index (χ1) is 10.1. The van der Waals surface area contributed by atoms with Crippen LogP contribution in [0.15, 0.2) is 27.6 Å². The van der Waals surface area contributed by atoms with E-state index < -0.39 is 0 Å². The number of esters is 1. The van der Waals surface area contributed by atoms with Gasteiger partial charge in [-0.1, -0.05) is 28.8 Å². The number of halogens is 1. The Hall–Kier alpha value is -0.810. The van der Waals surface area contributed by atoms with E-state index in [0.717, 1.165) is 40.6 Å². The maximum atomic E-state index is 12.6. The Morgan fingerprint density at radius 3 is 2.71 bits per heavy atom. The summed E-state index contributed by atoms with van der Waals surface area (Å²) in [5.74, 6) is 0.344. The van der Waals surface area contributed by atoms with Crippen LogP contribution in [0.1, 0.15) is 43.0 Å². The largest absolute Gasteiger partial charge is 0.465 e. The van der Waals surface area contributed by atoms with Crippen molar-refractivity contribution >= 4 is 39.4 Å². The van der Waals surface area contributed by atoms with Crippen LogP contribution in [0, 0.1) is 5.92 Å². The van der Waals surface area contributed by atoms with Gasteiger partial charge in [-0.2, -0.15) is 0 Å². The van der Waals surface area contributed by atoms with E-state index in [4.69, 9.17) is 4.74 Å². The molecule has 0 heterocycles. The van der Waals surface area contributed by atoms with Crippen molar-refractivity contribution in [2.75, 3.05) is 12.4 Å². The Morgan fingerprint density at radius 1 is 1.33 bits per heavy atom. The van der Waals surface area contributed by atoms with Crippen molar-refractivity contribution in [1.29, 1.82) is 0 Å². The molecule has 0 atom stereocenters. The van der Waals surface area contributed by atoms with Crippen LogP contribution in [-0.4, -0.2) is 24.1 Å². The lowest BCUT2D eigenvalue weighted by Gasteiger charge is -2.12. The smallest absolute Gasteiger partial charge is 0.316 e. The summed E-state index contributed by atoms with van der Waals surface area (Å²) in [6.07, 6.45) is 4.24. The number of thioether (sulfide) groups is 1. The zero-order chi connectivity index (χ0) is 15.2. The number of carbonyl (C=O) groups is 2. The number of ether oxygens (including phenoxy) is 1. The van der Waals surface area contributed by atoms with Gasteiger partial charge >= 0.3 is 5.97 Å². The van der Waals surface area contributed by atoms with Crippen molar-refractivity contribution in [2.24, 2.45) is 5.92 Å². The first kappa shape index (κ1) is 16.6. The first-order valence-corrected chi connectivity index (χ1v) is 9.02. The predicted molar refractivity (Wildman–Crippen MR) is 87.8 cm³/mol. The van der Waals surface area contributed by atoms with Gasteiger partial charge in [0.15, 0.2) is 5.78 Å². The van der Waals surface area contributed by atoms with Gasteiger partial charge in [0, 0.05) is 20.8 Å². The van der Waals surface area contributed by atoms with Crippen molar-refractivity contribution < 1.29 is 14.3 Å². The van der Waals surface area contributed by atoms with Crippen LogP contribution in [0.25, 0.3) is 0 Å². The summed E-state index contributed by atoms with van der Waals surface area (Å²) in [7, 11) is 0. The lowest BCUT2D eigenvalue weighted by atomic mass is 9.96. The molecule has 1 aliphatic rings. The molecule has 1 aromatic rings. The third-order valence-electron chi connectivity index (χ3n) is 3.59. The molecule has 1 saturated carbocycles. The molecular formula is C16H19BrO3S. The summed E-state index contributed by atoms with van der Waals surface area (Å²) in [5, 5.41) is 0. The van der Waals surface area contributed by atoms with Gasteiger partial charge in [-0.3, -0.25) is 9.59 Å². The normalized spacial score (nSPS) is 15.1. The molecule has 1 aromatic carbocycles. The molecule has 0 aromatic heterocycles. The second-order valence-corrected chi connectivity index (χ2v) is 7.01. The van der Waals surface area contributed by atoms with E-state index >= 15 is 0 Å². The Labute approximate surface area is 138 Å². The van der Waals surface area contributed by atoms with Crippen LogP contribution < -0.4 is 0 Å². The van der Waals surface area contributed by atoms with E-state index in [0.29, 0.717) is 6.61 Å². The van der Waals surface area contributed by atoms with E-state index in [1.54, 1.807) is 6.92 Å². The third kappa shape index (κ3) is 4.58. The van der Waals surface area contributed by atoms with Gasteiger partial charge in [0.1, 0.15) is 0 Å². The molecule has 114 valence electrons. The molecule has 0 aliphatic heterocycles. The van der Waals surface area contributed by atoms with Gasteiger partial charge in [-0.15, -0.1) is 11.8 Å². The van der Waals surface area contributed by atoms with E-state index in [2.05, 4.69) is 15.9 Å². The topological polar surface area (TPSA) is 43.4 Å². The Bertz CT molecular complexity index is 524. The monoisotopic (exact) mass is 370 g/mol.